The number of nitrogens with one attached hydrogen (secondary N) is 1. The smallest absolute Gasteiger partial charge is 0.224 e. The third kappa shape index (κ3) is 2.84. The summed E-state index contributed by atoms with van der Waals surface area (Å²) >= 11 is 0. The SMILES string of the molecule is CCCNC(=O)Cc1ccc2nc(C)oc2c1. The van der Waals surface area contributed by atoms with E-state index in [4.69, 9.17) is 4.42 Å². The molecular weight excluding hydrogens is 216 g/mol. The lowest BCUT2D eigenvalue weighted by Gasteiger charge is -2.03. The van der Waals surface area contributed by atoms with E-state index in [9.17, 15) is 4.79 Å². The third-order valence-electron chi connectivity index (χ3n) is 2.50. The number of aromatic nitrogens is 1. The van der Waals surface area contributed by atoms with Crippen molar-refractivity contribution in [3.8, 4) is 0 Å². The number of aryl methyl sites for hydroxylation is 1. The predicted molar refractivity (Wildman–Crippen MR) is 65.8 cm³/mol. The van der Waals surface area contributed by atoms with Crippen molar-refractivity contribution in [2.45, 2.75) is 26.7 Å². The zero-order valence-corrected chi connectivity index (χ0v) is 10.1. The Bertz CT molecular complexity index is 531. The van der Waals surface area contributed by atoms with Crippen LogP contribution >= 0.6 is 0 Å². The molecule has 1 aromatic heterocycles. The van der Waals surface area contributed by atoms with Gasteiger partial charge >= 0.3 is 0 Å². The zero-order valence-electron chi connectivity index (χ0n) is 10.1. The first kappa shape index (κ1) is 11.6. The van der Waals surface area contributed by atoms with Crippen LogP contribution in [0.15, 0.2) is 22.6 Å². The molecule has 0 aliphatic carbocycles. The fourth-order valence-electron chi connectivity index (χ4n) is 1.71. The van der Waals surface area contributed by atoms with Gasteiger partial charge in [-0.05, 0) is 24.1 Å². The number of nitrogens with zero attached hydrogens (tertiary/aromatic N) is 1. The van der Waals surface area contributed by atoms with Gasteiger partial charge in [-0.3, -0.25) is 4.79 Å². The molecule has 0 aliphatic rings. The lowest BCUT2D eigenvalue weighted by atomic mass is 10.1. The zero-order chi connectivity index (χ0) is 12.3. The molecule has 0 aliphatic heterocycles. The molecule has 4 heteroatoms. The van der Waals surface area contributed by atoms with Gasteiger partial charge in [-0.1, -0.05) is 13.0 Å². The number of oxazole rings is 1. The van der Waals surface area contributed by atoms with Crippen LogP contribution in [-0.2, 0) is 11.2 Å². The maximum atomic E-state index is 11.6. The minimum absolute atomic E-state index is 0.0439. The molecule has 1 N–H and O–H groups in total. The summed E-state index contributed by atoms with van der Waals surface area (Å²) in [7, 11) is 0. The molecule has 0 atom stereocenters. The molecule has 1 heterocycles. The van der Waals surface area contributed by atoms with E-state index in [1.165, 1.54) is 0 Å². The molecule has 0 fully saturated rings. The highest BCUT2D eigenvalue weighted by molar-refractivity contribution is 5.80. The first-order valence-electron chi connectivity index (χ1n) is 5.82. The largest absolute Gasteiger partial charge is 0.441 e. The fraction of sp³-hybridized carbons (Fsp3) is 0.385. The fourth-order valence-corrected chi connectivity index (χ4v) is 1.71. The van der Waals surface area contributed by atoms with Gasteiger partial charge in [0.25, 0.3) is 0 Å². The van der Waals surface area contributed by atoms with Crippen molar-refractivity contribution < 1.29 is 9.21 Å². The lowest BCUT2D eigenvalue weighted by Crippen LogP contribution is -2.25. The average molecular weight is 232 g/mol. The van der Waals surface area contributed by atoms with E-state index in [0.717, 1.165) is 29.6 Å². The summed E-state index contributed by atoms with van der Waals surface area (Å²) in [5.41, 5.74) is 2.52. The number of amides is 1. The summed E-state index contributed by atoms with van der Waals surface area (Å²) in [6.07, 6.45) is 1.34. The Balaban J connectivity index is 2.10. The average Bonchev–Trinajstić information content (AvgIpc) is 2.65. The van der Waals surface area contributed by atoms with Crippen LogP contribution in [0.25, 0.3) is 11.1 Å². The Morgan fingerprint density at radius 2 is 2.29 bits per heavy atom. The topological polar surface area (TPSA) is 55.1 Å². The quantitative estimate of drug-likeness (QED) is 0.879. The van der Waals surface area contributed by atoms with E-state index in [1.807, 2.05) is 32.0 Å². The van der Waals surface area contributed by atoms with Gasteiger partial charge in [0.2, 0.25) is 5.91 Å². The number of fused-ring (bicyclic) bond motifs is 1. The van der Waals surface area contributed by atoms with Crippen molar-refractivity contribution in [3.63, 3.8) is 0 Å². The molecule has 0 unspecified atom stereocenters. The second-order valence-corrected chi connectivity index (χ2v) is 4.06. The molecule has 90 valence electrons. The van der Waals surface area contributed by atoms with Crippen molar-refractivity contribution >= 4 is 17.0 Å². The van der Waals surface area contributed by atoms with Crippen LogP contribution in [-0.4, -0.2) is 17.4 Å². The molecule has 1 aromatic carbocycles. The second kappa shape index (κ2) is 4.99. The van der Waals surface area contributed by atoms with Gasteiger partial charge in [-0.25, -0.2) is 4.98 Å². The summed E-state index contributed by atoms with van der Waals surface area (Å²) < 4.78 is 5.43. The molecule has 4 nitrogen and oxygen atoms in total. The highest BCUT2D eigenvalue weighted by atomic mass is 16.3. The van der Waals surface area contributed by atoms with E-state index < -0.39 is 0 Å². The number of carbonyl (C=O) groups is 1. The van der Waals surface area contributed by atoms with Crippen LogP contribution in [0.3, 0.4) is 0 Å². The van der Waals surface area contributed by atoms with Crippen molar-refractivity contribution in [1.29, 1.82) is 0 Å². The Hall–Kier alpha value is -1.84. The van der Waals surface area contributed by atoms with Crippen LogP contribution in [0.4, 0.5) is 0 Å². The molecule has 2 aromatic rings. The Morgan fingerprint density at radius 3 is 3.06 bits per heavy atom. The van der Waals surface area contributed by atoms with Gasteiger partial charge < -0.3 is 9.73 Å². The molecule has 2 rings (SSSR count). The van der Waals surface area contributed by atoms with Gasteiger partial charge in [0.15, 0.2) is 11.5 Å². The van der Waals surface area contributed by atoms with Crippen LogP contribution < -0.4 is 5.32 Å². The van der Waals surface area contributed by atoms with Crippen molar-refractivity contribution in [2.24, 2.45) is 0 Å². The second-order valence-electron chi connectivity index (χ2n) is 4.06. The Labute approximate surface area is 100 Å². The van der Waals surface area contributed by atoms with Crippen LogP contribution in [0.2, 0.25) is 0 Å². The highest BCUT2D eigenvalue weighted by Crippen LogP contribution is 2.17. The normalized spacial score (nSPS) is 10.7. The lowest BCUT2D eigenvalue weighted by molar-refractivity contribution is -0.120. The summed E-state index contributed by atoms with van der Waals surface area (Å²) in [5.74, 6) is 0.690. The summed E-state index contributed by atoms with van der Waals surface area (Å²) in [6.45, 7) is 4.57. The molecule has 1 amide bonds. The van der Waals surface area contributed by atoms with Crippen LogP contribution in [0, 0.1) is 6.92 Å². The number of hydrogen-bond acceptors (Lipinski definition) is 3. The molecular formula is C13H16N2O2. The Kier molecular flexibility index (Phi) is 3.42. The van der Waals surface area contributed by atoms with E-state index in [1.54, 1.807) is 0 Å². The minimum Gasteiger partial charge on any atom is -0.441 e. The monoisotopic (exact) mass is 232 g/mol. The van der Waals surface area contributed by atoms with E-state index in [-0.39, 0.29) is 5.91 Å². The van der Waals surface area contributed by atoms with Crippen molar-refractivity contribution in [2.75, 3.05) is 6.54 Å². The molecule has 17 heavy (non-hydrogen) atoms. The summed E-state index contributed by atoms with van der Waals surface area (Å²) in [4.78, 5) is 15.8. The molecule has 0 saturated heterocycles. The van der Waals surface area contributed by atoms with Crippen LogP contribution in [0.1, 0.15) is 24.8 Å². The predicted octanol–water partition coefficient (Wildman–Crippen LogP) is 2.20. The van der Waals surface area contributed by atoms with Gasteiger partial charge in [-0.15, -0.1) is 0 Å². The van der Waals surface area contributed by atoms with E-state index in [0.29, 0.717) is 12.3 Å². The first-order chi connectivity index (χ1) is 8.19. The first-order valence-corrected chi connectivity index (χ1v) is 5.82. The summed E-state index contributed by atoms with van der Waals surface area (Å²) in [6, 6.07) is 5.67. The maximum absolute atomic E-state index is 11.6. The van der Waals surface area contributed by atoms with Crippen molar-refractivity contribution in [1.82, 2.24) is 10.3 Å². The maximum Gasteiger partial charge on any atom is 0.224 e. The van der Waals surface area contributed by atoms with Gasteiger partial charge in [0, 0.05) is 13.5 Å². The number of carbonyl (C=O) groups excluding carboxylic acids is 1. The minimum atomic E-state index is 0.0439. The Morgan fingerprint density at radius 1 is 1.47 bits per heavy atom. The molecule has 0 radical (unpaired) electrons. The summed E-state index contributed by atoms with van der Waals surface area (Å²) in [5, 5.41) is 2.85. The number of rotatable bonds is 4. The van der Waals surface area contributed by atoms with E-state index >= 15 is 0 Å². The molecule has 0 bridgehead atoms. The van der Waals surface area contributed by atoms with Crippen LogP contribution in [0.5, 0.6) is 0 Å². The number of benzene rings is 1. The molecule has 0 saturated carbocycles. The molecule has 0 spiro atoms. The third-order valence-corrected chi connectivity index (χ3v) is 2.50. The van der Waals surface area contributed by atoms with Gasteiger partial charge in [0.1, 0.15) is 5.52 Å². The number of hydrogen-bond donors (Lipinski definition) is 1. The standard InChI is InChI=1S/C13H16N2O2/c1-3-6-14-13(16)8-10-4-5-11-12(7-10)17-9(2)15-11/h4-5,7H,3,6,8H2,1-2H3,(H,14,16). The highest BCUT2D eigenvalue weighted by Gasteiger charge is 2.06. The van der Waals surface area contributed by atoms with Crippen molar-refractivity contribution in [3.05, 3.63) is 29.7 Å². The van der Waals surface area contributed by atoms with E-state index in [2.05, 4.69) is 10.3 Å². The van der Waals surface area contributed by atoms with Gasteiger partial charge in [-0.2, -0.15) is 0 Å². The van der Waals surface area contributed by atoms with Gasteiger partial charge in [0.05, 0.1) is 6.42 Å².